The van der Waals surface area contributed by atoms with E-state index in [0.29, 0.717) is 23.8 Å². The van der Waals surface area contributed by atoms with Crippen LogP contribution in [0.15, 0.2) is 10.5 Å². The molecule has 1 saturated heterocycles. The van der Waals surface area contributed by atoms with Crippen molar-refractivity contribution in [2.24, 2.45) is 5.92 Å². The first-order valence-corrected chi connectivity index (χ1v) is 6.65. The SMILES string of the molecule is COC(=O)c1cc(CN2CCC(CCO)C2)oc1C. The predicted octanol–water partition coefficient (Wildman–Crippen LogP) is 1.58. The van der Waals surface area contributed by atoms with E-state index in [2.05, 4.69) is 4.90 Å². The number of rotatable bonds is 5. The predicted molar refractivity (Wildman–Crippen MR) is 69.9 cm³/mol. The Kier molecular flexibility index (Phi) is 4.61. The number of ether oxygens (including phenoxy) is 1. The summed E-state index contributed by atoms with van der Waals surface area (Å²) in [6.45, 7) is 4.73. The first kappa shape index (κ1) is 14.1. The molecule has 2 heterocycles. The Balaban J connectivity index is 1.95. The Morgan fingerprint density at radius 3 is 3.11 bits per heavy atom. The number of esters is 1. The molecule has 1 aliphatic heterocycles. The number of carbonyl (C=O) groups is 1. The Hall–Kier alpha value is -1.33. The maximum atomic E-state index is 11.5. The number of aryl methyl sites for hydroxylation is 1. The molecule has 1 atom stereocenters. The summed E-state index contributed by atoms with van der Waals surface area (Å²) in [6.07, 6.45) is 1.98. The zero-order chi connectivity index (χ0) is 13.8. The summed E-state index contributed by atoms with van der Waals surface area (Å²) in [5.41, 5.74) is 0.503. The largest absolute Gasteiger partial charge is 0.465 e. The van der Waals surface area contributed by atoms with Crippen LogP contribution in [0.25, 0.3) is 0 Å². The van der Waals surface area contributed by atoms with Crippen molar-refractivity contribution in [1.29, 1.82) is 0 Å². The highest BCUT2D eigenvalue weighted by atomic mass is 16.5. The Bertz CT molecular complexity index is 441. The van der Waals surface area contributed by atoms with Gasteiger partial charge in [0.05, 0.1) is 13.7 Å². The van der Waals surface area contributed by atoms with Crippen LogP contribution in [-0.4, -0.2) is 42.8 Å². The Morgan fingerprint density at radius 2 is 2.42 bits per heavy atom. The average molecular weight is 267 g/mol. The van der Waals surface area contributed by atoms with E-state index < -0.39 is 0 Å². The van der Waals surface area contributed by atoms with Crippen molar-refractivity contribution in [1.82, 2.24) is 4.90 Å². The van der Waals surface area contributed by atoms with Crippen molar-refractivity contribution in [3.05, 3.63) is 23.2 Å². The fraction of sp³-hybridized carbons (Fsp3) is 0.643. The first-order valence-electron chi connectivity index (χ1n) is 6.65. The van der Waals surface area contributed by atoms with Gasteiger partial charge in [0.15, 0.2) is 0 Å². The van der Waals surface area contributed by atoms with Gasteiger partial charge in [0.2, 0.25) is 0 Å². The molecule has 1 aromatic rings. The molecule has 1 unspecified atom stereocenters. The molecule has 0 saturated carbocycles. The fourth-order valence-electron chi connectivity index (χ4n) is 2.63. The van der Waals surface area contributed by atoms with E-state index in [4.69, 9.17) is 14.3 Å². The van der Waals surface area contributed by atoms with E-state index in [1.165, 1.54) is 7.11 Å². The lowest BCUT2D eigenvalue weighted by molar-refractivity contribution is 0.0599. The fourth-order valence-corrected chi connectivity index (χ4v) is 2.63. The van der Waals surface area contributed by atoms with Gasteiger partial charge < -0.3 is 14.3 Å². The quantitative estimate of drug-likeness (QED) is 0.821. The number of nitrogens with zero attached hydrogens (tertiary/aromatic N) is 1. The van der Waals surface area contributed by atoms with Gasteiger partial charge in [-0.15, -0.1) is 0 Å². The number of aliphatic hydroxyl groups is 1. The van der Waals surface area contributed by atoms with Gasteiger partial charge in [0.25, 0.3) is 0 Å². The molecule has 5 heteroatoms. The molecule has 0 aromatic carbocycles. The van der Waals surface area contributed by atoms with E-state index in [9.17, 15) is 4.79 Å². The van der Waals surface area contributed by atoms with Crippen LogP contribution < -0.4 is 0 Å². The minimum atomic E-state index is -0.355. The number of furan rings is 1. The monoisotopic (exact) mass is 267 g/mol. The molecule has 2 rings (SSSR count). The van der Waals surface area contributed by atoms with Gasteiger partial charge in [-0.2, -0.15) is 0 Å². The van der Waals surface area contributed by atoms with Crippen molar-refractivity contribution in [3.8, 4) is 0 Å². The van der Waals surface area contributed by atoms with Crippen molar-refractivity contribution in [2.45, 2.75) is 26.3 Å². The van der Waals surface area contributed by atoms with E-state index >= 15 is 0 Å². The van der Waals surface area contributed by atoms with Crippen molar-refractivity contribution in [3.63, 3.8) is 0 Å². The number of methoxy groups -OCH3 is 1. The minimum Gasteiger partial charge on any atom is -0.465 e. The second-order valence-electron chi connectivity index (χ2n) is 5.08. The minimum absolute atomic E-state index is 0.255. The van der Waals surface area contributed by atoms with Crippen LogP contribution in [-0.2, 0) is 11.3 Å². The molecule has 5 nitrogen and oxygen atoms in total. The Morgan fingerprint density at radius 1 is 1.63 bits per heavy atom. The summed E-state index contributed by atoms with van der Waals surface area (Å²) in [6, 6.07) is 1.76. The van der Waals surface area contributed by atoms with Gasteiger partial charge >= 0.3 is 5.97 Å². The summed E-state index contributed by atoms with van der Waals surface area (Å²) >= 11 is 0. The van der Waals surface area contributed by atoms with Crippen molar-refractivity contribution in [2.75, 3.05) is 26.8 Å². The molecular weight excluding hydrogens is 246 g/mol. The Labute approximate surface area is 113 Å². The van der Waals surface area contributed by atoms with Crippen LogP contribution in [0.1, 0.15) is 34.7 Å². The molecule has 106 valence electrons. The summed E-state index contributed by atoms with van der Waals surface area (Å²) in [5, 5.41) is 8.94. The van der Waals surface area contributed by atoms with Crippen LogP contribution >= 0.6 is 0 Å². The molecule has 1 aliphatic rings. The summed E-state index contributed by atoms with van der Waals surface area (Å²) in [4.78, 5) is 13.8. The standard InChI is InChI=1S/C14H21NO4/c1-10-13(14(17)18-2)7-12(19-10)9-15-5-3-11(8-15)4-6-16/h7,11,16H,3-6,8-9H2,1-2H3. The molecule has 1 aromatic heterocycles. The molecule has 0 aliphatic carbocycles. The van der Waals surface area contributed by atoms with Crippen LogP contribution in [0.4, 0.5) is 0 Å². The highest BCUT2D eigenvalue weighted by Crippen LogP contribution is 2.23. The summed E-state index contributed by atoms with van der Waals surface area (Å²) in [7, 11) is 1.37. The second kappa shape index (κ2) is 6.21. The van der Waals surface area contributed by atoms with Gasteiger partial charge in [-0.1, -0.05) is 0 Å². The van der Waals surface area contributed by atoms with Crippen LogP contribution in [0.2, 0.25) is 0 Å². The van der Waals surface area contributed by atoms with Crippen molar-refractivity contribution >= 4 is 5.97 Å². The molecular formula is C14H21NO4. The van der Waals surface area contributed by atoms with E-state index in [1.54, 1.807) is 13.0 Å². The van der Waals surface area contributed by atoms with Gasteiger partial charge in [-0.3, -0.25) is 4.90 Å². The molecule has 19 heavy (non-hydrogen) atoms. The normalized spacial score (nSPS) is 19.8. The summed E-state index contributed by atoms with van der Waals surface area (Å²) in [5.74, 6) is 1.61. The third kappa shape index (κ3) is 3.36. The van der Waals surface area contributed by atoms with Gasteiger partial charge in [0.1, 0.15) is 17.1 Å². The highest BCUT2D eigenvalue weighted by Gasteiger charge is 2.24. The molecule has 0 amide bonds. The van der Waals surface area contributed by atoms with E-state index in [1.807, 2.05) is 0 Å². The molecule has 0 spiro atoms. The number of aliphatic hydroxyl groups excluding tert-OH is 1. The highest BCUT2D eigenvalue weighted by molar-refractivity contribution is 5.90. The zero-order valence-electron chi connectivity index (χ0n) is 11.5. The molecule has 1 N–H and O–H groups in total. The van der Waals surface area contributed by atoms with E-state index in [-0.39, 0.29) is 12.6 Å². The topological polar surface area (TPSA) is 62.9 Å². The number of likely N-dealkylation sites (tertiary alicyclic amines) is 1. The van der Waals surface area contributed by atoms with Crippen LogP contribution in [0.5, 0.6) is 0 Å². The van der Waals surface area contributed by atoms with Crippen LogP contribution in [0.3, 0.4) is 0 Å². The third-order valence-electron chi connectivity index (χ3n) is 3.66. The smallest absolute Gasteiger partial charge is 0.341 e. The van der Waals surface area contributed by atoms with Gasteiger partial charge in [-0.05, 0) is 38.3 Å². The molecule has 0 bridgehead atoms. The number of carbonyl (C=O) groups excluding carboxylic acids is 1. The number of hydrogen-bond acceptors (Lipinski definition) is 5. The van der Waals surface area contributed by atoms with Crippen molar-refractivity contribution < 1.29 is 19.1 Å². The molecule has 1 fully saturated rings. The average Bonchev–Trinajstić information content (AvgIpc) is 2.96. The van der Waals surface area contributed by atoms with Gasteiger partial charge in [0, 0.05) is 13.2 Å². The lowest BCUT2D eigenvalue weighted by Gasteiger charge is -2.13. The number of hydrogen-bond donors (Lipinski definition) is 1. The molecule has 0 radical (unpaired) electrons. The lowest BCUT2D eigenvalue weighted by atomic mass is 10.1. The third-order valence-corrected chi connectivity index (χ3v) is 3.66. The zero-order valence-corrected chi connectivity index (χ0v) is 11.5. The maximum absolute atomic E-state index is 11.5. The van der Waals surface area contributed by atoms with Gasteiger partial charge in [-0.25, -0.2) is 4.79 Å². The van der Waals surface area contributed by atoms with Crippen LogP contribution in [0, 0.1) is 12.8 Å². The maximum Gasteiger partial charge on any atom is 0.341 e. The van der Waals surface area contributed by atoms with E-state index in [0.717, 1.165) is 31.7 Å². The first-order chi connectivity index (χ1) is 9.13. The summed E-state index contributed by atoms with van der Waals surface area (Å²) < 4.78 is 10.3. The second-order valence-corrected chi connectivity index (χ2v) is 5.08. The lowest BCUT2D eigenvalue weighted by Crippen LogP contribution is -2.20.